The van der Waals surface area contributed by atoms with Crippen molar-refractivity contribution >= 4 is 5.78 Å². The van der Waals surface area contributed by atoms with E-state index in [1.165, 1.54) is 12.1 Å². The number of carbonyl (C=O) groups excluding carboxylic acids is 1. The SMILES string of the molecule is CCCC(=O)C1Cc2cc(F)ccc2O1. The molecule has 0 aliphatic carbocycles. The fourth-order valence-corrected chi connectivity index (χ4v) is 1.80. The van der Waals surface area contributed by atoms with Crippen LogP contribution in [0.25, 0.3) is 0 Å². The highest BCUT2D eigenvalue weighted by Crippen LogP contribution is 2.29. The largest absolute Gasteiger partial charge is 0.482 e. The van der Waals surface area contributed by atoms with E-state index in [0.717, 1.165) is 12.0 Å². The van der Waals surface area contributed by atoms with Gasteiger partial charge in [0, 0.05) is 18.4 Å². The molecule has 0 fully saturated rings. The number of carbonyl (C=O) groups is 1. The third-order valence-corrected chi connectivity index (χ3v) is 2.55. The number of benzene rings is 1. The summed E-state index contributed by atoms with van der Waals surface area (Å²) in [6.07, 6.45) is 1.46. The third kappa shape index (κ3) is 2.01. The predicted octanol–water partition coefficient (Wildman–Crippen LogP) is 2.50. The second-order valence-corrected chi connectivity index (χ2v) is 3.78. The van der Waals surface area contributed by atoms with E-state index in [0.29, 0.717) is 18.6 Å². The molecule has 3 heteroatoms. The predicted molar refractivity (Wildman–Crippen MR) is 54.4 cm³/mol. The number of rotatable bonds is 3. The maximum atomic E-state index is 12.9. The van der Waals surface area contributed by atoms with Crippen molar-refractivity contribution in [1.29, 1.82) is 0 Å². The van der Waals surface area contributed by atoms with Gasteiger partial charge in [-0.05, 0) is 24.6 Å². The lowest BCUT2D eigenvalue weighted by atomic mass is 10.0. The molecule has 0 radical (unpaired) electrons. The summed E-state index contributed by atoms with van der Waals surface area (Å²) in [6.45, 7) is 1.96. The fraction of sp³-hybridized carbons (Fsp3) is 0.417. The Morgan fingerprint density at radius 2 is 2.40 bits per heavy atom. The molecule has 1 aliphatic heterocycles. The molecule has 0 saturated heterocycles. The Morgan fingerprint density at radius 1 is 1.60 bits per heavy atom. The summed E-state index contributed by atoms with van der Waals surface area (Å²) in [6, 6.07) is 4.38. The maximum absolute atomic E-state index is 12.9. The van der Waals surface area contributed by atoms with Crippen LogP contribution in [-0.4, -0.2) is 11.9 Å². The number of ketones is 1. The number of Topliss-reactive ketones (excluding diaryl/α,β-unsaturated/α-hetero) is 1. The molecule has 1 unspecified atom stereocenters. The molecule has 80 valence electrons. The molecule has 1 atom stereocenters. The zero-order valence-corrected chi connectivity index (χ0v) is 8.63. The summed E-state index contributed by atoms with van der Waals surface area (Å²) < 4.78 is 18.4. The van der Waals surface area contributed by atoms with E-state index in [1.54, 1.807) is 6.07 Å². The minimum Gasteiger partial charge on any atom is -0.482 e. The molecule has 0 N–H and O–H groups in total. The zero-order chi connectivity index (χ0) is 10.8. The Balaban J connectivity index is 2.12. The normalized spacial score (nSPS) is 18.4. The van der Waals surface area contributed by atoms with Crippen LogP contribution in [0.5, 0.6) is 5.75 Å². The minimum absolute atomic E-state index is 0.106. The molecular formula is C12H13FO2. The summed E-state index contributed by atoms with van der Waals surface area (Å²) in [4.78, 5) is 11.6. The van der Waals surface area contributed by atoms with Crippen molar-refractivity contribution in [2.45, 2.75) is 32.3 Å². The van der Waals surface area contributed by atoms with Crippen molar-refractivity contribution in [2.24, 2.45) is 0 Å². The van der Waals surface area contributed by atoms with Crippen LogP contribution < -0.4 is 4.74 Å². The first-order chi connectivity index (χ1) is 7.20. The van der Waals surface area contributed by atoms with E-state index in [-0.39, 0.29) is 11.6 Å². The van der Waals surface area contributed by atoms with Gasteiger partial charge in [0.25, 0.3) is 0 Å². The van der Waals surface area contributed by atoms with Crippen LogP contribution >= 0.6 is 0 Å². The molecule has 0 spiro atoms. The van der Waals surface area contributed by atoms with E-state index in [1.807, 2.05) is 6.92 Å². The first-order valence-corrected chi connectivity index (χ1v) is 5.18. The zero-order valence-electron chi connectivity index (χ0n) is 8.63. The monoisotopic (exact) mass is 208 g/mol. The summed E-state index contributed by atoms with van der Waals surface area (Å²) in [5.41, 5.74) is 0.796. The lowest BCUT2D eigenvalue weighted by molar-refractivity contribution is -0.125. The third-order valence-electron chi connectivity index (χ3n) is 2.55. The average Bonchev–Trinajstić information content (AvgIpc) is 2.60. The van der Waals surface area contributed by atoms with E-state index in [2.05, 4.69) is 0 Å². The molecule has 0 bridgehead atoms. The molecular weight excluding hydrogens is 195 g/mol. The number of ether oxygens (including phenoxy) is 1. The quantitative estimate of drug-likeness (QED) is 0.762. The summed E-state index contributed by atoms with van der Waals surface area (Å²) in [7, 11) is 0. The second-order valence-electron chi connectivity index (χ2n) is 3.78. The average molecular weight is 208 g/mol. The molecule has 1 heterocycles. The Labute approximate surface area is 88.1 Å². The van der Waals surface area contributed by atoms with E-state index < -0.39 is 6.10 Å². The first-order valence-electron chi connectivity index (χ1n) is 5.18. The van der Waals surface area contributed by atoms with Crippen molar-refractivity contribution in [1.82, 2.24) is 0 Å². The molecule has 1 aliphatic rings. The molecule has 2 nitrogen and oxygen atoms in total. The standard InChI is InChI=1S/C12H13FO2/c1-2-3-10(14)12-7-8-6-9(13)4-5-11(8)15-12/h4-6,12H,2-3,7H2,1H3. The van der Waals surface area contributed by atoms with Gasteiger partial charge in [0.1, 0.15) is 11.6 Å². The van der Waals surface area contributed by atoms with Gasteiger partial charge in [-0.1, -0.05) is 6.92 Å². The molecule has 1 aromatic rings. The molecule has 0 aromatic heterocycles. The summed E-state index contributed by atoms with van der Waals surface area (Å²) in [5, 5.41) is 0. The van der Waals surface area contributed by atoms with Crippen LogP contribution in [-0.2, 0) is 11.2 Å². The lowest BCUT2D eigenvalue weighted by Crippen LogP contribution is -2.24. The van der Waals surface area contributed by atoms with E-state index in [4.69, 9.17) is 4.74 Å². The number of fused-ring (bicyclic) bond motifs is 1. The van der Waals surface area contributed by atoms with Crippen LogP contribution in [0.2, 0.25) is 0 Å². The fourth-order valence-electron chi connectivity index (χ4n) is 1.80. The molecule has 2 rings (SSSR count). The van der Waals surface area contributed by atoms with Crippen LogP contribution in [0.15, 0.2) is 18.2 Å². The van der Waals surface area contributed by atoms with Crippen molar-refractivity contribution in [3.8, 4) is 5.75 Å². The highest BCUT2D eigenvalue weighted by molar-refractivity contribution is 5.84. The number of halogens is 1. The van der Waals surface area contributed by atoms with Gasteiger partial charge in [0.15, 0.2) is 11.9 Å². The highest BCUT2D eigenvalue weighted by Gasteiger charge is 2.28. The van der Waals surface area contributed by atoms with E-state index in [9.17, 15) is 9.18 Å². The Morgan fingerprint density at radius 3 is 3.13 bits per heavy atom. The van der Waals surface area contributed by atoms with Gasteiger partial charge in [0.05, 0.1) is 0 Å². The van der Waals surface area contributed by atoms with Gasteiger partial charge in [-0.3, -0.25) is 4.79 Å². The number of hydrogen-bond acceptors (Lipinski definition) is 2. The Hall–Kier alpha value is -1.38. The van der Waals surface area contributed by atoms with Crippen LogP contribution in [0.3, 0.4) is 0 Å². The molecule has 15 heavy (non-hydrogen) atoms. The first kappa shape index (κ1) is 10.1. The van der Waals surface area contributed by atoms with Gasteiger partial charge >= 0.3 is 0 Å². The van der Waals surface area contributed by atoms with E-state index >= 15 is 0 Å². The number of hydrogen-bond donors (Lipinski definition) is 0. The topological polar surface area (TPSA) is 26.3 Å². The Kier molecular flexibility index (Phi) is 2.71. The van der Waals surface area contributed by atoms with Crippen molar-refractivity contribution in [3.05, 3.63) is 29.6 Å². The summed E-state index contributed by atoms with van der Waals surface area (Å²) >= 11 is 0. The van der Waals surface area contributed by atoms with Crippen molar-refractivity contribution < 1.29 is 13.9 Å². The van der Waals surface area contributed by atoms with Gasteiger partial charge in [-0.15, -0.1) is 0 Å². The maximum Gasteiger partial charge on any atom is 0.173 e. The van der Waals surface area contributed by atoms with Crippen LogP contribution in [0, 0.1) is 5.82 Å². The molecule has 0 saturated carbocycles. The van der Waals surface area contributed by atoms with Gasteiger partial charge in [-0.25, -0.2) is 4.39 Å². The van der Waals surface area contributed by atoms with Crippen LogP contribution in [0.1, 0.15) is 25.3 Å². The highest BCUT2D eigenvalue weighted by atomic mass is 19.1. The van der Waals surface area contributed by atoms with Crippen LogP contribution in [0.4, 0.5) is 4.39 Å². The molecule has 0 amide bonds. The minimum atomic E-state index is -0.401. The Bertz CT molecular complexity index is 387. The van der Waals surface area contributed by atoms with Gasteiger partial charge in [-0.2, -0.15) is 0 Å². The lowest BCUT2D eigenvalue weighted by Gasteiger charge is -2.07. The van der Waals surface area contributed by atoms with Crippen molar-refractivity contribution in [2.75, 3.05) is 0 Å². The molecule has 1 aromatic carbocycles. The van der Waals surface area contributed by atoms with Gasteiger partial charge < -0.3 is 4.74 Å². The smallest absolute Gasteiger partial charge is 0.173 e. The summed E-state index contributed by atoms with van der Waals surface area (Å²) in [5.74, 6) is 0.473. The van der Waals surface area contributed by atoms with Gasteiger partial charge in [0.2, 0.25) is 0 Å². The second kappa shape index (κ2) is 4.01. The van der Waals surface area contributed by atoms with Crippen molar-refractivity contribution in [3.63, 3.8) is 0 Å².